The van der Waals surface area contributed by atoms with Crippen molar-refractivity contribution in [3.8, 4) is 0 Å². The normalized spacial score (nSPS) is 11.4. The van der Waals surface area contributed by atoms with Crippen LogP contribution in [0.4, 0.5) is 0 Å². The molecule has 0 aliphatic rings. The molecule has 7 heteroatoms. The van der Waals surface area contributed by atoms with Crippen LogP contribution in [-0.4, -0.2) is 32.3 Å². The third-order valence-corrected chi connectivity index (χ3v) is 3.99. The van der Waals surface area contributed by atoms with Gasteiger partial charge < -0.3 is 6.90 Å². The number of hydrogen-bond donors (Lipinski definition) is 1. The summed E-state index contributed by atoms with van der Waals surface area (Å²) >= 11 is 0. The van der Waals surface area contributed by atoms with Crippen molar-refractivity contribution in [2.45, 2.75) is 32.1 Å². The standard InChI is InChI=1S/C6H16O3SSi.Na.H2O.H/c1-11(2,3)6-4-5-10(7,8)9;;;/h4-6H2,1-3H3,(H,7,8,9);;1H2;/q;+1;;-1. The maximum Gasteiger partial charge on any atom is 1.00 e. The van der Waals surface area contributed by atoms with Gasteiger partial charge in [-0.1, -0.05) is 25.7 Å². The van der Waals surface area contributed by atoms with Crippen LogP contribution < -0.4 is 29.6 Å². The zero-order valence-corrected chi connectivity index (χ0v) is 12.6. The second-order valence-corrected chi connectivity index (χ2v) is 11.1. The molecule has 0 fully saturated rings. The molecule has 0 rings (SSSR count). The van der Waals surface area contributed by atoms with E-state index in [2.05, 4.69) is 19.6 Å². The van der Waals surface area contributed by atoms with Crippen molar-refractivity contribution in [1.29, 1.82) is 0 Å². The fourth-order valence-corrected chi connectivity index (χ4v) is 2.79. The Hall–Kier alpha value is 1.09. The zero-order chi connectivity index (χ0) is 9.12. The van der Waals surface area contributed by atoms with E-state index in [-0.39, 0.29) is 42.2 Å². The summed E-state index contributed by atoms with van der Waals surface area (Å²) in [7, 11) is -4.86. The zero-order valence-electron chi connectivity index (χ0n) is 9.79. The van der Waals surface area contributed by atoms with Gasteiger partial charge in [0.05, 0.1) is 5.75 Å². The van der Waals surface area contributed by atoms with Gasteiger partial charge in [0, 0.05) is 8.07 Å². The van der Waals surface area contributed by atoms with Crippen molar-refractivity contribution in [1.82, 2.24) is 0 Å². The van der Waals surface area contributed by atoms with Gasteiger partial charge in [0.25, 0.3) is 10.1 Å². The van der Waals surface area contributed by atoms with Gasteiger partial charge in [0.2, 0.25) is 0 Å². The maximum atomic E-state index is 10.3. The van der Waals surface area contributed by atoms with Crippen molar-refractivity contribution in [3.63, 3.8) is 0 Å². The van der Waals surface area contributed by atoms with E-state index in [0.717, 1.165) is 6.04 Å². The van der Waals surface area contributed by atoms with Crippen LogP contribution in [0.5, 0.6) is 0 Å². The average molecular weight is 238 g/mol. The molecule has 0 aliphatic heterocycles. The van der Waals surface area contributed by atoms with Crippen molar-refractivity contribution in [2.75, 3.05) is 5.75 Å². The van der Waals surface area contributed by atoms with E-state index in [1.807, 2.05) is 0 Å². The monoisotopic (exact) mass is 238 g/mol. The third kappa shape index (κ3) is 19.5. The van der Waals surface area contributed by atoms with E-state index in [1.54, 1.807) is 0 Å². The smallest absolute Gasteiger partial charge is 1.00 e. The molecular formula is C6H19NaO4SSi. The largest absolute Gasteiger partial charge is 1.00 e. The van der Waals surface area contributed by atoms with E-state index < -0.39 is 18.2 Å². The summed E-state index contributed by atoms with van der Waals surface area (Å²) in [6.45, 7) is 6.53. The Morgan fingerprint density at radius 3 is 1.92 bits per heavy atom. The van der Waals surface area contributed by atoms with Crippen molar-refractivity contribution in [2.24, 2.45) is 0 Å². The van der Waals surface area contributed by atoms with E-state index >= 15 is 0 Å². The summed E-state index contributed by atoms with van der Waals surface area (Å²) in [5, 5.41) is 0. The molecule has 78 valence electrons. The van der Waals surface area contributed by atoms with Crippen LogP contribution >= 0.6 is 0 Å². The van der Waals surface area contributed by atoms with Gasteiger partial charge in [0.15, 0.2) is 0 Å². The van der Waals surface area contributed by atoms with E-state index in [1.165, 1.54) is 0 Å². The first-order valence-corrected chi connectivity index (χ1v) is 8.97. The van der Waals surface area contributed by atoms with Crippen LogP contribution in [0.15, 0.2) is 0 Å². The molecule has 0 radical (unpaired) electrons. The van der Waals surface area contributed by atoms with Crippen LogP contribution in [0.2, 0.25) is 25.7 Å². The van der Waals surface area contributed by atoms with Crippen LogP contribution in [0.3, 0.4) is 0 Å². The first-order chi connectivity index (χ1) is 4.71. The molecule has 3 N–H and O–H groups in total. The molecule has 0 aromatic carbocycles. The molecule has 0 amide bonds. The molecule has 0 aromatic rings. The Bertz CT molecular complexity index is 214. The molecule has 0 spiro atoms. The second-order valence-electron chi connectivity index (χ2n) is 3.95. The van der Waals surface area contributed by atoms with Crippen molar-refractivity contribution >= 4 is 18.2 Å². The molecule has 0 aliphatic carbocycles. The van der Waals surface area contributed by atoms with E-state index in [0.29, 0.717) is 6.42 Å². The molecular weight excluding hydrogens is 219 g/mol. The molecule has 0 heterocycles. The topological polar surface area (TPSA) is 85.9 Å². The van der Waals surface area contributed by atoms with Crippen LogP contribution in [0.1, 0.15) is 7.85 Å². The molecule has 13 heavy (non-hydrogen) atoms. The summed E-state index contributed by atoms with van der Waals surface area (Å²) in [6.07, 6.45) is 0.592. The number of rotatable bonds is 4. The molecule has 0 unspecified atom stereocenters. The first kappa shape index (κ1) is 19.6. The Balaban J connectivity index is -0.000000167. The van der Waals surface area contributed by atoms with Gasteiger partial charge in [-0.15, -0.1) is 0 Å². The molecule has 4 nitrogen and oxygen atoms in total. The summed E-state index contributed by atoms with van der Waals surface area (Å²) in [5.74, 6) is -0.0860. The molecule has 0 saturated heterocycles. The Kier molecular flexibility index (Phi) is 11.2. The SMILES string of the molecule is C[Si](C)(C)CCCS(=O)(=O)O.O.[H-].[Na+]. The van der Waals surface area contributed by atoms with Gasteiger partial charge in [-0.05, 0) is 6.42 Å². The number of hydrogen-bond acceptors (Lipinski definition) is 2. The maximum absolute atomic E-state index is 10.3. The van der Waals surface area contributed by atoms with E-state index in [4.69, 9.17) is 4.55 Å². The summed E-state index contributed by atoms with van der Waals surface area (Å²) in [6, 6.07) is 0.951. The molecule has 0 saturated carbocycles. The fourth-order valence-electron chi connectivity index (χ4n) is 0.785. The third-order valence-electron chi connectivity index (χ3n) is 1.33. The Morgan fingerprint density at radius 1 is 1.31 bits per heavy atom. The van der Waals surface area contributed by atoms with Gasteiger partial charge >= 0.3 is 29.6 Å². The fraction of sp³-hybridized carbons (Fsp3) is 1.00. The molecule has 0 atom stereocenters. The van der Waals surface area contributed by atoms with Crippen molar-refractivity contribution in [3.05, 3.63) is 0 Å². The van der Waals surface area contributed by atoms with Gasteiger partial charge in [0.1, 0.15) is 0 Å². The van der Waals surface area contributed by atoms with Gasteiger partial charge in [-0.25, -0.2) is 0 Å². The average Bonchev–Trinajstić information content (AvgIpc) is 1.55. The Labute approximate surface area is 105 Å². The quantitative estimate of drug-likeness (QED) is 0.449. The minimum absolute atomic E-state index is 0. The summed E-state index contributed by atoms with van der Waals surface area (Å²) in [4.78, 5) is 0. The van der Waals surface area contributed by atoms with Crippen molar-refractivity contribution < 1.29 is 49.4 Å². The minimum atomic E-state index is -3.72. The summed E-state index contributed by atoms with van der Waals surface area (Å²) in [5.41, 5.74) is 0. The van der Waals surface area contributed by atoms with Gasteiger partial charge in [-0.2, -0.15) is 8.42 Å². The van der Waals surface area contributed by atoms with E-state index in [9.17, 15) is 8.42 Å². The van der Waals surface area contributed by atoms with Crippen LogP contribution in [-0.2, 0) is 10.1 Å². The van der Waals surface area contributed by atoms with Crippen LogP contribution in [0.25, 0.3) is 0 Å². The summed E-state index contributed by atoms with van der Waals surface area (Å²) < 4.78 is 29.0. The second kappa shape index (κ2) is 7.39. The predicted molar refractivity (Wildman–Crippen MR) is 53.9 cm³/mol. The minimum Gasteiger partial charge on any atom is -1.00 e. The molecule has 0 bridgehead atoms. The van der Waals surface area contributed by atoms with Crippen LogP contribution in [0, 0.1) is 0 Å². The van der Waals surface area contributed by atoms with Gasteiger partial charge in [-0.3, -0.25) is 4.55 Å². The first-order valence-electron chi connectivity index (χ1n) is 3.66. The Morgan fingerprint density at radius 2 is 1.69 bits per heavy atom. The predicted octanol–water partition coefficient (Wildman–Crippen LogP) is -2.11. The molecule has 0 aromatic heterocycles.